The summed E-state index contributed by atoms with van der Waals surface area (Å²) in [5.74, 6) is -1.79. The van der Waals surface area contributed by atoms with E-state index in [1.807, 2.05) is 0 Å². The van der Waals surface area contributed by atoms with Crippen LogP contribution in [0.3, 0.4) is 0 Å². The molecule has 0 bridgehead atoms. The fraction of sp³-hybridized carbons (Fsp3) is 0.800. The molecule has 0 saturated heterocycles. The molecule has 0 aromatic rings. The minimum Gasteiger partial charge on any atom is -0.480 e. The van der Waals surface area contributed by atoms with E-state index in [1.165, 1.54) is 70.6 Å². The third-order valence-electron chi connectivity index (χ3n) is 8.39. The van der Waals surface area contributed by atoms with E-state index >= 15 is 0 Å². The molecule has 10 nitrogen and oxygen atoms in total. The van der Waals surface area contributed by atoms with Crippen LogP contribution in [0.2, 0.25) is 0 Å². The minimum absolute atomic E-state index is 0.00671. The van der Waals surface area contributed by atoms with Gasteiger partial charge in [0.2, 0.25) is 0 Å². The molecule has 3 unspecified atom stereocenters. The van der Waals surface area contributed by atoms with E-state index in [9.17, 15) is 19.0 Å². The molecule has 11 heteroatoms. The summed E-state index contributed by atoms with van der Waals surface area (Å²) in [6.07, 6.45) is 39.0. The van der Waals surface area contributed by atoms with Gasteiger partial charge in [-0.15, -0.1) is 0 Å². The molecule has 0 aliphatic carbocycles. The highest BCUT2D eigenvalue weighted by Crippen LogP contribution is 2.43. The number of hydrogen-bond acceptors (Lipinski definition) is 8. The zero-order valence-electron chi connectivity index (χ0n) is 32.2. The summed E-state index contributed by atoms with van der Waals surface area (Å²) in [5, 5.41) is 8.87. The van der Waals surface area contributed by atoms with Gasteiger partial charge in [0.25, 0.3) is 0 Å². The van der Waals surface area contributed by atoms with Crippen LogP contribution in [0, 0.1) is 0 Å². The number of phosphoric ester groups is 1. The van der Waals surface area contributed by atoms with Crippen molar-refractivity contribution in [3.8, 4) is 0 Å². The maximum absolute atomic E-state index is 12.6. The number of phosphoric acid groups is 1. The number of ether oxygens (including phenoxy) is 2. The van der Waals surface area contributed by atoms with Gasteiger partial charge in [-0.25, -0.2) is 4.57 Å². The number of nitrogens with two attached hydrogens (primary N) is 1. The quantitative estimate of drug-likeness (QED) is 0.0241. The van der Waals surface area contributed by atoms with Crippen LogP contribution in [-0.2, 0) is 32.7 Å². The van der Waals surface area contributed by atoms with Gasteiger partial charge >= 0.3 is 19.8 Å². The second kappa shape index (κ2) is 36.5. The molecule has 0 amide bonds. The summed E-state index contributed by atoms with van der Waals surface area (Å²) in [6, 6.07) is -1.47. The van der Waals surface area contributed by atoms with Crippen LogP contribution in [-0.4, -0.2) is 60.5 Å². The van der Waals surface area contributed by atoms with Gasteiger partial charge in [0.1, 0.15) is 12.1 Å². The van der Waals surface area contributed by atoms with Crippen molar-refractivity contribution in [3.05, 3.63) is 36.5 Å². The topological polar surface area (TPSA) is 155 Å². The van der Waals surface area contributed by atoms with Crippen LogP contribution in [0.15, 0.2) is 36.5 Å². The average Bonchev–Trinajstić information content (AvgIpc) is 3.10. The lowest BCUT2D eigenvalue weighted by Crippen LogP contribution is -2.34. The standard InChI is InChI=1S/C40H74NO9P/c1-3-5-7-9-11-13-15-17-18-19-21-23-25-27-29-31-33-47-34-37(35-48-51(45,46)49-36-38(41)40(43)44)50-39(42)32-30-28-26-24-22-20-16-14-12-10-8-6-4-2/h11,13-14,16-18,37-38H,3-10,12,15,19-36,41H2,1-2H3,(H,43,44)(H,45,46)/b13-11-,16-14-,18-17-. The molecule has 51 heavy (non-hydrogen) atoms. The number of carbonyl (C=O) groups excluding carboxylic acids is 1. The lowest BCUT2D eigenvalue weighted by atomic mass is 10.1. The second-order valence-electron chi connectivity index (χ2n) is 13.4. The first-order valence-electron chi connectivity index (χ1n) is 20.0. The summed E-state index contributed by atoms with van der Waals surface area (Å²) in [6.45, 7) is 3.79. The predicted octanol–water partition coefficient (Wildman–Crippen LogP) is 10.5. The van der Waals surface area contributed by atoms with Crippen LogP contribution in [0.25, 0.3) is 0 Å². The van der Waals surface area contributed by atoms with Gasteiger partial charge in [0.05, 0.1) is 19.8 Å². The lowest BCUT2D eigenvalue weighted by Gasteiger charge is -2.20. The summed E-state index contributed by atoms with van der Waals surface area (Å²) in [4.78, 5) is 33.4. The van der Waals surface area contributed by atoms with Crippen molar-refractivity contribution in [2.45, 2.75) is 180 Å². The van der Waals surface area contributed by atoms with E-state index in [2.05, 4.69) is 50.3 Å². The van der Waals surface area contributed by atoms with Crippen LogP contribution in [0.4, 0.5) is 0 Å². The SMILES string of the molecule is CCCCC/C=C\C/C=C\CCCCCCCCOCC(COP(=O)(O)OCC(N)C(=O)O)OC(=O)CCCCCCC/C=C\CCCCCC. The Labute approximate surface area is 310 Å². The molecule has 3 atom stereocenters. The third kappa shape index (κ3) is 36.3. The molecule has 0 spiro atoms. The summed E-state index contributed by atoms with van der Waals surface area (Å²) in [5.41, 5.74) is 5.34. The number of rotatable bonds is 38. The first kappa shape index (κ1) is 49.2. The second-order valence-corrected chi connectivity index (χ2v) is 14.9. The van der Waals surface area contributed by atoms with Crippen molar-refractivity contribution in [1.82, 2.24) is 0 Å². The molecule has 0 aliphatic rings. The van der Waals surface area contributed by atoms with Crippen molar-refractivity contribution in [3.63, 3.8) is 0 Å². The number of carboxylic acid groups (broad SMARTS) is 1. The van der Waals surface area contributed by atoms with Gasteiger partial charge in [0, 0.05) is 13.0 Å². The molecule has 0 fully saturated rings. The number of esters is 1. The normalized spacial score (nSPS) is 14.4. The van der Waals surface area contributed by atoms with E-state index in [0.29, 0.717) is 13.0 Å². The Hall–Kier alpha value is -1.81. The van der Waals surface area contributed by atoms with E-state index in [4.69, 9.17) is 29.4 Å². The van der Waals surface area contributed by atoms with Crippen LogP contribution in [0.1, 0.15) is 168 Å². The highest BCUT2D eigenvalue weighted by atomic mass is 31.2. The Morgan fingerprint density at radius 2 is 1.08 bits per heavy atom. The van der Waals surface area contributed by atoms with Crippen LogP contribution < -0.4 is 5.73 Å². The highest BCUT2D eigenvalue weighted by Gasteiger charge is 2.27. The van der Waals surface area contributed by atoms with Gasteiger partial charge in [0.15, 0.2) is 0 Å². The molecular weight excluding hydrogens is 669 g/mol. The highest BCUT2D eigenvalue weighted by molar-refractivity contribution is 7.47. The smallest absolute Gasteiger partial charge is 0.472 e. The van der Waals surface area contributed by atoms with E-state index in [1.54, 1.807) is 0 Å². The fourth-order valence-corrected chi connectivity index (χ4v) is 5.99. The maximum atomic E-state index is 12.6. The van der Waals surface area contributed by atoms with Crippen molar-refractivity contribution in [2.75, 3.05) is 26.4 Å². The third-order valence-corrected chi connectivity index (χ3v) is 9.34. The number of aliphatic carboxylic acids is 1. The molecule has 0 saturated carbocycles. The zero-order chi connectivity index (χ0) is 37.7. The number of hydrogen-bond donors (Lipinski definition) is 3. The molecule has 0 rings (SSSR count). The predicted molar refractivity (Wildman–Crippen MR) is 208 cm³/mol. The fourth-order valence-electron chi connectivity index (χ4n) is 5.21. The molecule has 0 aromatic heterocycles. The van der Waals surface area contributed by atoms with E-state index in [-0.39, 0.29) is 13.0 Å². The Bertz CT molecular complexity index is 956. The zero-order valence-corrected chi connectivity index (χ0v) is 33.1. The molecule has 0 radical (unpaired) electrons. The molecule has 0 aromatic carbocycles. The van der Waals surface area contributed by atoms with Crippen LogP contribution >= 0.6 is 7.82 Å². The van der Waals surface area contributed by atoms with Gasteiger partial charge in [-0.05, 0) is 70.6 Å². The van der Waals surface area contributed by atoms with Crippen molar-refractivity contribution >= 4 is 19.8 Å². The summed E-state index contributed by atoms with van der Waals surface area (Å²) in [7, 11) is -4.62. The number of unbranched alkanes of at least 4 members (excludes halogenated alkanes) is 18. The Kier molecular flexibility index (Phi) is 35.2. The number of allylic oxidation sites excluding steroid dienone is 6. The first-order valence-corrected chi connectivity index (χ1v) is 21.5. The maximum Gasteiger partial charge on any atom is 0.472 e. The summed E-state index contributed by atoms with van der Waals surface area (Å²) >= 11 is 0. The minimum atomic E-state index is -4.62. The first-order chi connectivity index (χ1) is 24.7. The van der Waals surface area contributed by atoms with Crippen molar-refractivity contribution in [2.24, 2.45) is 5.73 Å². The largest absolute Gasteiger partial charge is 0.480 e. The Morgan fingerprint density at radius 1 is 0.627 bits per heavy atom. The number of carbonyl (C=O) groups is 2. The number of carboxylic acids is 1. The molecule has 298 valence electrons. The molecule has 0 aliphatic heterocycles. The average molecular weight is 744 g/mol. The van der Waals surface area contributed by atoms with Gasteiger partial charge < -0.3 is 25.2 Å². The van der Waals surface area contributed by atoms with Gasteiger partial charge in [-0.2, -0.15) is 0 Å². The molecular formula is C40H74NO9P. The lowest BCUT2D eigenvalue weighted by molar-refractivity contribution is -0.154. The van der Waals surface area contributed by atoms with E-state index in [0.717, 1.165) is 70.6 Å². The molecule has 0 heterocycles. The van der Waals surface area contributed by atoms with E-state index < -0.39 is 45.1 Å². The van der Waals surface area contributed by atoms with Gasteiger partial charge in [-0.1, -0.05) is 127 Å². The van der Waals surface area contributed by atoms with Crippen LogP contribution in [0.5, 0.6) is 0 Å². The van der Waals surface area contributed by atoms with Crippen molar-refractivity contribution in [1.29, 1.82) is 0 Å². The van der Waals surface area contributed by atoms with Gasteiger partial charge in [-0.3, -0.25) is 18.6 Å². The Morgan fingerprint density at radius 3 is 1.65 bits per heavy atom. The molecule has 4 N–H and O–H groups in total. The summed E-state index contributed by atoms with van der Waals surface area (Å²) < 4.78 is 33.2. The Balaban J connectivity index is 4.31. The van der Waals surface area contributed by atoms with Crippen molar-refractivity contribution < 1.29 is 42.7 Å². The monoisotopic (exact) mass is 744 g/mol.